The third-order valence-electron chi connectivity index (χ3n) is 3.99. The number of pyridine rings is 1. The lowest BCUT2D eigenvalue weighted by Crippen LogP contribution is -2.27. The molecule has 0 bridgehead atoms. The van der Waals surface area contributed by atoms with Crippen LogP contribution in [-0.2, 0) is 13.6 Å². The van der Waals surface area contributed by atoms with E-state index in [9.17, 15) is 14.2 Å². The molecular formula is C20H27N4O6P. The predicted molar refractivity (Wildman–Crippen MR) is 117 cm³/mol. The number of ether oxygens (including phenoxy) is 1. The average molecular weight is 450 g/mol. The van der Waals surface area contributed by atoms with Crippen LogP contribution in [0, 0.1) is 0 Å². The molecule has 0 radical (unpaired) electrons. The molecule has 0 aliphatic rings. The second-order valence-corrected chi connectivity index (χ2v) is 8.42. The summed E-state index contributed by atoms with van der Waals surface area (Å²) < 4.78 is 28.8. The molecule has 0 unspecified atom stereocenters. The molecule has 2 rings (SSSR count). The van der Waals surface area contributed by atoms with Crippen molar-refractivity contribution in [1.29, 1.82) is 0 Å². The third-order valence-corrected chi connectivity index (χ3v) is 6.06. The number of nitrogens with two attached hydrogens (primary N) is 1. The van der Waals surface area contributed by atoms with Crippen molar-refractivity contribution in [1.82, 2.24) is 15.6 Å². The van der Waals surface area contributed by atoms with Crippen LogP contribution >= 0.6 is 7.60 Å². The van der Waals surface area contributed by atoms with E-state index in [1.165, 1.54) is 25.4 Å². The van der Waals surface area contributed by atoms with E-state index >= 15 is 0 Å². The number of nitrogen functional groups attached to an aromatic ring is 1. The van der Waals surface area contributed by atoms with Crippen molar-refractivity contribution in [2.24, 2.45) is 0 Å². The van der Waals surface area contributed by atoms with E-state index < -0.39 is 13.5 Å². The van der Waals surface area contributed by atoms with Crippen molar-refractivity contribution in [2.45, 2.75) is 13.8 Å². The van der Waals surface area contributed by atoms with Crippen LogP contribution in [0.5, 0.6) is 11.5 Å². The van der Waals surface area contributed by atoms with Crippen LogP contribution in [0.1, 0.15) is 34.7 Å². The van der Waals surface area contributed by atoms with Gasteiger partial charge in [0.1, 0.15) is 17.2 Å². The van der Waals surface area contributed by atoms with Gasteiger partial charge in [0, 0.05) is 31.5 Å². The maximum Gasteiger partial charge on any atom is 0.332 e. The van der Waals surface area contributed by atoms with Crippen molar-refractivity contribution >= 4 is 25.1 Å². The first-order valence-electron chi connectivity index (χ1n) is 9.73. The number of aromatic nitrogens is 1. The number of nitrogens with zero attached hydrogens (tertiary/aromatic N) is 1. The van der Waals surface area contributed by atoms with E-state index in [4.69, 9.17) is 19.5 Å². The fraction of sp³-hybridized carbons (Fsp3) is 0.350. The highest BCUT2D eigenvalue weighted by Gasteiger charge is 2.24. The van der Waals surface area contributed by atoms with Crippen molar-refractivity contribution in [3.63, 3.8) is 0 Å². The Bertz CT molecular complexity index is 958. The van der Waals surface area contributed by atoms with Gasteiger partial charge in [-0.15, -0.1) is 0 Å². The first kappa shape index (κ1) is 24.3. The van der Waals surface area contributed by atoms with Crippen LogP contribution in [0.2, 0.25) is 0 Å². The second-order valence-electron chi connectivity index (χ2n) is 6.24. The molecule has 1 aromatic heterocycles. The Hall–Kier alpha value is -2.94. The maximum atomic E-state index is 12.7. The molecule has 11 heteroatoms. The van der Waals surface area contributed by atoms with Crippen LogP contribution in [-0.4, -0.2) is 49.8 Å². The van der Waals surface area contributed by atoms with E-state index in [0.29, 0.717) is 11.4 Å². The van der Waals surface area contributed by atoms with Crippen LogP contribution in [0.25, 0.3) is 0 Å². The Balaban J connectivity index is 2.15. The van der Waals surface area contributed by atoms with Crippen molar-refractivity contribution < 1.29 is 27.9 Å². The van der Waals surface area contributed by atoms with E-state index in [0.717, 1.165) is 0 Å². The average Bonchev–Trinajstić information content (AvgIpc) is 2.74. The number of anilines is 1. The lowest BCUT2D eigenvalue weighted by Gasteiger charge is -2.17. The van der Waals surface area contributed by atoms with Gasteiger partial charge in [-0.3, -0.25) is 19.1 Å². The van der Waals surface area contributed by atoms with Gasteiger partial charge in [-0.1, -0.05) is 0 Å². The van der Waals surface area contributed by atoms with E-state index in [2.05, 4.69) is 15.6 Å². The Morgan fingerprint density at radius 2 is 1.81 bits per heavy atom. The fourth-order valence-electron chi connectivity index (χ4n) is 2.63. The molecule has 0 saturated heterocycles. The van der Waals surface area contributed by atoms with Gasteiger partial charge in [-0.05, 0) is 38.1 Å². The van der Waals surface area contributed by atoms with Crippen LogP contribution in [0.15, 0.2) is 36.5 Å². The summed E-state index contributed by atoms with van der Waals surface area (Å²) in [7, 11) is -1.78. The molecule has 2 amide bonds. The number of carbonyl (C=O) groups excluding carboxylic acids is 2. The van der Waals surface area contributed by atoms with Gasteiger partial charge in [0.15, 0.2) is 0 Å². The number of hydrogen-bond acceptors (Lipinski definition) is 8. The summed E-state index contributed by atoms with van der Waals surface area (Å²) in [4.78, 5) is 28.5. The molecule has 0 atom stereocenters. The summed E-state index contributed by atoms with van der Waals surface area (Å²) in [6.07, 6.45) is 1.45. The first-order valence-corrected chi connectivity index (χ1v) is 11.5. The second kappa shape index (κ2) is 11.5. The van der Waals surface area contributed by atoms with Crippen LogP contribution in [0.4, 0.5) is 5.69 Å². The molecule has 168 valence electrons. The zero-order valence-electron chi connectivity index (χ0n) is 17.7. The molecule has 31 heavy (non-hydrogen) atoms. The molecule has 1 heterocycles. The quantitative estimate of drug-likeness (QED) is 0.350. The predicted octanol–water partition coefficient (Wildman–Crippen LogP) is 2.81. The monoisotopic (exact) mass is 450 g/mol. The van der Waals surface area contributed by atoms with E-state index in [1.54, 1.807) is 32.0 Å². The molecule has 2 aromatic rings. The zero-order valence-corrected chi connectivity index (χ0v) is 18.6. The smallest absolute Gasteiger partial charge is 0.332 e. The minimum Gasteiger partial charge on any atom is -0.456 e. The molecule has 0 spiro atoms. The van der Waals surface area contributed by atoms with Gasteiger partial charge in [-0.2, -0.15) is 0 Å². The van der Waals surface area contributed by atoms with Crippen molar-refractivity contribution in [2.75, 3.05) is 38.7 Å². The number of carbonyl (C=O) groups is 2. The minimum atomic E-state index is -3.28. The Morgan fingerprint density at radius 1 is 1.10 bits per heavy atom. The highest BCUT2D eigenvalue weighted by Crippen LogP contribution is 2.47. The number of hydrogen-bond donors (Lipinski definition) is 3. The van der Waals surface area contributed by atoms with Crippen molar-refractivity contribution in [3.05, 3.63) is 47.8 Å². The zero-order chi connectivity index (χ0) is 22.9. The molecule has 0 aliphatic heterocycles. The summed E-state index contributed by atoms with van der Waals surface area (Å²) in [5, 5.41) is 5.16. The topological polar surface area (TPSA) is 142 Å². The van der Waals surface area contributed by atoms with Crippen LogP contribution < -0.4 is 21.1 Å². The summed E-state index contributed by atoms with van der Waals surface area (Å²) in [6.45, 7) is 3.98. The Kier molecular flexibility index (Phi) is 8.99. The third kappa shape index (κ3) is 7.06. The highest BCUT2D eigenvalue weighted by atomic mass is 31.2. The number of rotatable bonds is 11. The van der Waals surface area contributed by atoms with Gasteiger partial charge in [0.25, 0.3) is 11.8 Å². The van der Waals surface area contributed by atoms with Crippen LogP contribution in [0.3, 0.4) is 0 Å². The highest BCUT2D eigenvalue weighted by molar-refractivity contribution is 7.53. The SMILES string of the molecule is CCOP(=O)(CCNC(=O)c1cc(N)ccc1Oc1ccnc(C(=O)NC)c1)OCC. The van der Waals surface area contributed by atoms with Gasteiger partial charge in [0.05, 0.1) is 24.9 Å². The summed E-state index contributed by atoms with van der Waals surface area (Å²) in [5.74, 6) is -0.278. The van der Waals surface area contributed by atoms with Crippen molar-refractivity contribution in [3.8, 4) is 11.5 Å². The summed E-state index contributed by atoms with van der Waals surface area (Å²) in [6, 6.07) is 7.62. The normalized spacial score (nSPS) is 11.1. The number of benzene rings is 1. The molecule has 0 fully saturated rings. The molecule has 4 N–H and O–H groups in total. The molecule has 0 aliphatic carbocycles. The lowest BCUT2D eigenvalue weighted by molar-refractivity contribution is 0.0945. The molecule has 0 saturated carbocycles. The minimum absolute atomic E-state index is 0.0266. The van der Waals surface area contributed by atoms with Gasteiger partial charge < -0.3 is 30.2 Å². The number of nitrogens with one attached hydrogen (secondary N) is 2. The molecule has 10 nitrogen and oxygen atoms in total. The Morgan fingerprint density at radius 3 is 2.45 bits per heavy atom. The van der Waals surface area contributed by atoms with Gasteiger partial charge in [0.2, 0.25) is 0 Å². The standard InChI is InChI=1S/C20H27N4O6P/c1-4-28-31(27,29-5-2)11-10-24-19(25)16-12-14(21)6-7-18(16)30-15-8-9-23-17(13-15)20(26)22-3/h6-9,12-13H,4-5,10-11,21H2,1-3H3,(H,22,26)(H,24,25). The lowest BCUT2D eigenvalue weighted by atomic mass is 10.1. The summed E-state index contributed by atoms with van der Waals surface area (Å²) >= 11 is 0. The fourth-order valence-corrected chi connectivity index (χ4v) is 4.13. The Labute approximate surface area is 181 Å². The first-order chi connectivity index (χ1) is 14.8. The van der Waals surface area contributed by atoms with E-state index in [1.807, 2.05) is 0 Å². The largest absolute Gasteiger partial charge is 0.456 e. The summed E-state index contributed by atoms with van der Waals surface area (Å²) in [5.41, 5.74) is 6.55. The van der Waals surface area contributed by atoms with Gasteiger partial charge in [-0.25, -0.2) is 0 Å². The van der Waals surface area contributed by atoms with Gasteiger partial charge >= 0.3 is 7.60 Å². The molecular weight excluding hydrogens is 423 g/mol. The van der Waals surface area contributed by atoms with E-state index in [-0.39, 0.29) is 48.8 Å². The maximum absolute atomic E-state index is 12.7. The molecule has 1 aromatic carbocycles. The number of amides is 2.